The lowest BCUT2D eigenvalue weighted by molar-refractivity contribution is -0.138. The minimum atomic E-state index is -4.85. The van der Waals surface area contributed by atoms with Crippen LogP contribution in [0.25, 0.3) is 0 Å². The lowest BCUT2D eigenvalue weighted by Gasteiger charge is -2.13. The Labute approximate surface area is 124 Å². The second-order valence-electron chi connectivity index (χ2n) is 4.80. The summed E-state index contributed by atoms with van der Waals surface area (Å²) >= 11 is 0. The Kier molecular flexibility index (Phi) is 4.21. The number of ether oxygens (including phenoxy) is 1. The van der Waals surface area contributed by atoms with Crippen LogP contribution in [0.1, 0.15) is 27.0 Å². The highest BCUT2D eigenvalue weighted by atomic mass is 19.4. The van der Waals surface area contributed by atoms with Crippen LogP contribution in [0.4, 0.5) is 17.6 Å². The van der Waals surface area contributed by atoms with Crippen LogP contribution >= 0.6 is 0 Å². The van der Waals surface area contributed by atoms with Crippen molar-refractivity contribution < 1.29 is 27.1 Å². The average Bonchev–Trinajstić information content (AvgIpc) is 2.41. The Morgan fingerprint density at radius 3 is 2.32 bits per heavy atom. The lowest BCUT2D eigenvalue weighted by Crippen LogP contribution is -2.19. The number of esters is 1. The van der Waals surface area contributed by atoms with E-state index >= 15 is 0 Å². The minimum Gasteiger partial charge on any atom is -0.423 e. The van der Waals surface area contributed by atoms with Gasteiger partial charge >= 0.3 is 12.1 Å². The van der Waals surface area contributed by atoms with Gasteiger partial charge < -0.3 is 4.74 Å². The van der Waals surface area contributed by atoms with Crippen LogP contribution in [0.5, 0.6) is 5.75 Å². The van der Waals surface area contributed by atoms with Gasteiger partial charge in [0.05, 0.1) is 5.56 Å². The monoisotopic (exact) mass is 312 g/mol. The van der Waals surface area contributed by atoms with Gasteiger partial charge in [-0.2, -0.15) is 13.2 Å². The van der Waals surface area contributed by atoms with E-state index in [2.05, 4.69) is 0 Å². The van der Waals surface area contributed by atoms with E-state index in [4.69, 9.17) is 4.74 Å². The molecule has 22 heavy (non-hydrogen) atoms. The Hall–Kier alpha value is -2.37. The second kappa shape index (κ2) is 5.79. The lowest BCUT2D eigenvalue weighted by atomic mass is 10.1. The van der Waals surface area contributed by atoms with Crippen molar-refractivity contribution in [2.24, 2.45) is 0 Å². The summed E-state index contributed by atoms with van der Waals surface area (Å²) in [6.07, 6.45) is -4.85. The number of hydrogen-bond donors (Lipinski definition) is 0. The molecule has 0 fully saturated rings. The van der Waals surface area contributed by atoms with Gasteiger partial charge in [-0.1, -0.05) is 12.1 Å². The van der Waals surface area contributed by atoms with Crippen LogP contribution < -0.4 is 4.74 Å². The molecule has 2 aromatic carbocycles. The van der Waals surface area contributed by atoms with Crippen LogP contribution in [-0.4, -0.2) is 5.97 Å². The molecule has 0 radical (unpaired) electrons. The maximum absolute atomic E-state index is 13.7. The molecule has 0 aliphatic heterocycles. The summed E-state index contributed by atoms with van der Waals surface area (Å²) in [5, 5.41) is 0. The van der Waals surface area contributed by atoms with Gasteiger partial charge in [-0.25, -0.2) is 9.18 Å². The fourth-order valence-corrected chi connectivity index (χ4v) is 1.90. The van der Waals surface area contributed by atoms with E-state index in [1.54, 1.807) is 13.0 Å². The van der Waals surface area contributed by atoms with Gasteiger partial charge in [-0.15, -0.1) is 0 Å². The van der Waals surface area contributed by atoms with Crippen LogP contribution in [0.2, 0.25) is 0 Å². The molecular weight excluding hydrogens is 300 g/mol. The van der Waals surface area contributed by atoms with Gasteiger partial charge in [0.25, 0.3) is 0 Å². The molecule has 0 atom stereocenters. The number of hydrogen-bond acceptors (Lipinski definition) is 2. The number of carbonyl (C=O) groups excluding carboxylic acids is 1. The van der Waals surface area contributed by atoms with Gasteiger partial charge in [0.2, 0.25) is 0 Å². The van der Waals surface area contributed by atoms with Crippen molar-refractivity contribution in [3.8, 4) is 5.75 Å². The van der Waals surface area contributed by atoms with Crippen molar-refractivity contribution in [3.05, 3.63) is 64.5 Å². The summed E-state index contributed by atoms with van der Waals surface area (Å²) in [7, 11) is 0. The topological polar surface area (TPSA) is 26.3 Å². The molecule has 116 valence electrons. The van der Waals surface area contributed by atoms with E-state index in [0.29, 0.717) is 6.07 Å². The standard InChI is InChI=1S/C16H12F4O2/c1-9-6-7-11(8-10(9)2)22-15(21)14-12(16(18,19)20)4-3-5-13(14)17/h3-8H,1-2H3. The zero-order chi connectivity index (χ0) is 16.5. The van der Waals surface area contributed by atoms with Gasteiger partial charge in [-0.3, -0.25) is 0 Å². The van der Waals surface area contributed by atoms with Crippen LogP contribution in [0.3, 0.4) is 0 Å². The summed E-state index contributed by atoms with van der Waals surface area (Å²) in [5.74, 6) is -2.60. The molecule has 2 rings (SSSR count). The molecule has 0 heterocycles. The molecule has 0 aromatic heterocycles. The van der Waals surface area contributed by atoms with Gasteiger partial charge in [0.1, 0.15) is 17.1 Å². The molecule has 0 unspecified atom stereocenters. The molecule has 0 spiro atoms. The maximum Gasteiger partial charge on any atom is 0.417 e. The first kappa shape index (κ1) is 16.0. The SMILES string of the molecule is Cc1ccc(OC(=O)c2c(F)cccc2C(F)(F)F)cc1C. The minimum absolute atomic E-state index is 0.0597. The largest absolute Gasteiger partial charge is 0.423 e. The molecule has 0 N–H and O–H groups in total. The third kappa shape index (κ3) is 3.27. The molecular formula is C16H12F4O2. The van der Waals surface area contributed by atoms with Gasteiger partial charge in [-0.05, 0) is 49.2 Å². The first-order valence-electron chi connectivity index (χ1n) is 6.35. The van der Waals surface area contributed by atoms with Crippen molar-refractivity contribution >= 4 is 5.97 Å². The first-order chi connectivity index (χ1) is 10.2. The van der Waals surface area contributed by atoms with E-state index < -0.39 is 29.1 Å². The van der Waals surface area contributed by atoms with Crippen LogP contribution in [0, 0.1) is 19.7 Å². The summed E-state index contributed by atoms with van der Waals surface area (Å²) in [5.41, 5.74) is -0.744. The molecule has 0 aliphatic rings. The number of aryl methyl sites for hydroxylation is 2. The molecule has 2 aromatic rings. The maximum atomic E-state index is 13.7. The molecule has 0 saturated heterocycles. The van der Waals surface area contributed by atoms with Crippen molar-refractivity contribution in [2.75, 3.05) is 0 Å². The average molecular weight is 312 g/mol. The Morgan fingerprint density at radius 2 is 1.73 bits per heavy atom. The van der Waals surface area contributed by atoms with Crippen LogP contribution in [0.15, 0.2) is 36.4 Å². The summed E-state index contributed by atoms with van der Waals surface area (Å²) < 4.78 is 57.2. The number of halogens is 4. The van der Waals surface area contributed by atoms with Crippen molar-refractivity contribution in [1.29, 1.82) is 0 Å². The quantitative estimate of drug-likeness (QED) is 0.457. The molecule has 2 nitrogen and oxygen atoms in total. The number of benzene rings is 2. The third-order valence-corrected chi connectivity index (χ3v) is 3.21. The third-order valence-electron chi connectivity index (χ3n) is 3.21. The van der Waals surface area contributed by atoms with Crippen molar-refractivity contribution in [2.45, 2.75) is 20.0 Å². The fourth-order valence-electron chi connectivity index (χ4n) is 1.90. The summed E-state index contributed by atoms with van der Waals surface area (Å²) in [6, 6.07) is 6.91. The van der Waals surface area contributed by atoms with E-state index in [1.807, 2.05) is 6.92 Å². The predicted molar refractivity (Wildman–Crippen MR) is 72.3 cm³/mol. The van der Waals surface area contributed by atoms with E-state index in [9.17, 15) is 22.4 Å². The summed E-state index contributed by atoms with van der Waals surface area (Å²) in [4.78, 5) is 11.9. The van der Waals surface area contributed by atoms with Crippen molar-refractivity contribution in [1.82, 2.24) is 0 Å². The normalized spacial score (nSPS) is 11.4. The number of rotatable bonds is 2. The molecule has 0 amide bonds. The van der Waals surface area contributed by atoms with Crippen molar-refractivity contribution in [3.63, 3.8) is 0 Å². The Bertz CT molecular complexity index is 721. The second-order valence-corrected chi connectivity index (χ2v) is 4.80. The van der Waals surface area contributed by atoms with E-state index in [1.165, 1.54) is 12.1 Å². The first-order valence-corrected chi connectivity index (χ1v) is 6.35. The smallest absolute Gasteiger partial charge is 0.417 e. The molecule has 6 heteroatoms. The van der Waals surface area contributed by atoms with Crippen LogP contribution in [-0.2, 0) is 6.18 Å². The Balaban J connectivity index is 2.39. The van der Waals surface area contributed by atoms with E-state index in [0.717, 1.165) is 23.3 Å². The molecule has 0 aliphatic carbocycles. The molecule has 0 saturated carbocycles. The zero-order valence-electron chi connectivity index (χ0n) is 11.8. The molecule has 0 bridgehead atoms. The predicted octanol–water partition coefficient (Wildman–Crippen LogP) is 4.68. The number of carbonyl (C=O) groups is 1. The highest BCUT2D eigenvalue weighted by Crippen LogP contribution is 2.33. The van der Waals surface area contributed by atoms with Gasteiger partial charge in [0, 0.05) is 0 Å². The highest BCUT2D eigenvalue weighted by molar-refractivity contribution is 5.93. The number of alkyl halides is 3. The fraction of sp³-hybridized carbons (Fsp3) is 0.188. The Morgan fingerprint density at radius 1 is 1.05 bits per heavy atom. The van der Waals surface area contributed by atoms with E-state index in [-0.39, 0.29) is 5.75 Å². The summed E-state index contributed by atoms with van der Waals surface area (Å²) in [6.45, 7) is 3.59. The van der Waals surface area contributed by atoms with Gasteiger partial charge in [0.15, 0.2) is 0 Å². The zero-order valence-corrected chi connectivity index (χ0v) is 11.8. The highest BCUT2D eigenvalue weighted by Gasteiger charge is 2.37.